The van der Waals surface area contributed by atoms with Gasteiger partial charge in [-0.15, -0.1) is 10.2 Å². The first kappa shape index (κ1) is 19.8. The Hall–Kier alpha value is -2.47. The fourth-order valence-corrected chi connectivity index (χ4v) is 4.35. The third-order valence-corrected chi connectivity index (χ3v) is 6.06. The van der Waals surface area contributed by atoms with Gasteiger partial charge in [-0.3, -0.25) is 9.69 Å². The van der Waals surface area contributed by atoms with Crippen molar-refractivity contribution in [3.05, 3.63) is 28.0 Å². The molecule has 2 fully saturated rings. The van der Waals surface area contributed by atoms with Gasteiger partial charge in [0, 0.05) is 5.56 Å². The number of alkyl halides is 3. The van der Waals surface area contributed by atoms with Gasteiger partial charge in [-0.1, -0.05) is 22.9 Å². The maximum absolute atomic E-state index is 13.3. The van der Waals surface area contributed by atoms with Crippen molar-refractivity contribution in [3.63, 3.8) is 0 Å². The summed E-state index contributed by atoms with van der Waals surface area (Å²) in [5, 5.41) is 17.6. The zero-order chi connectivity index (χ0) is 21.1. The van der Waals surface area contributed by atoms with E-state index in [0.717, 1.165) is 22.3 Å². The maximum Gasteiger partial charge on any atom is 0.406 e. The van der Waals surface area contributed by atoms with Gasteiger partial charge in [-0.25, -0.2) is 9.18 Å². The third-order valence-electron chi connectivity index (χ3n) is 4.74. The molecule has 4 rings (SSSR count). The molecule has 1 aliphatic carbocycles. The molecule has 0 bridgehead atoms. The van der Waals surface area contributed by atoms with Crippen LogP contribution in [0.3, 0.4) is 0 Å². The van der Waals surface area contributed by atoms with E-state index >= 15 is 0 Å². The molecule has 1 N–H and O–H groups in total. The summed E-state index contributed by atoms with van der Waals surface area (Å²) < 4.78 is 51.5. The van der Waals surface area contributed by atoms with E-state index in [1.54, 1.807) is 0 Å². The van der Waals surface area contributed by atoms with Gasteiger partial charge < -0.3 is 10.0 Å². The molecule has 1 saturated carbocycles. The van der Waals surface area contributed by atoms with E-state index in [1.807, 2.05) is 0 Å². The van der Waals surface area contributed by atoms with Crippen LogP contribution >= 0.6 is 22.9 Å². The number of phenolic OH excluding ortho intramolecular Hbond substituents is 1. The number of imide groups is 1. The largest absolute Gasteiger partial charge is 0.504 e. The summed E-state index contributed by atoms with van der Waals surface area (Å²) in [6.07, 6.45) is -4.15. The minimum atomic E-state index is -4.70. The number of hydrogen-bond acceptors (Lipinski definition) is 6. The topological polar surface area (TPSA) is 86.6 Å². The molecule has 0 atom stereocenters. The van der Waals surface area contributed by atoms with E-state index in [1.165, 1.54) is 6.07 Å². The van der Waals surface area contributed by atoms with Crippen molar-refractivity contribution in [3.8, 4) is 16.3 Å². The number of urea groups is 1. The average molecular weight is 451 g/mol. The molecule has 1 aromatic carbocycles. The summed E-state index contributed by atoms with van der Waals surface area (Å²) in [5.41, 5.74) is -1.06. The van der Waals surface area contributed by atoms with Crippen LogP contribution in [0, 0.1) is 5.82 Å². The number of rotatable bonds is 4. The molecule has 29 heavy (non-hydrogen) atoms. The van der Waals surface area contributed by atoms with E-state index in [2.05, 4.69) is 10.2 Å². The highest BCUT2D eigenvalue weighted by atomic mass is 35.5. The molecular formula is C16H11ClF4N4O3S. The highest BCUT2D eigenvalue weighted by Crippen LogP contribution is 2.49. The van der Waals surface area contributed by atoms with Crippen LogP contribution in [0.25, 0.3) is 10.6 Å². The molecule has 2 heterocycles. The number of nitrogens with zero attached hydrogens (tertiary/aromatic N) is 4. The second-order valence-electron chi connectivity index (χ2n) is 6.67. The Bertz CT molecular complexity index is 1020. The minimum absolute atomic E-state index is 0.206. The molecule has 1 saturated heterocycles. The van der Waals surface area contributed by atoms with E-state index < -0.39 is 41.8 Å². The number of amides is 3. The van der Waals surface area contributed by atoms with Crippen LogP contribution in [0.15, 0.2) is 12.1 Å². The number of carbonyl (C=O) groups excluding carboxylic acids is 2. The summed E-state index contributed by atoms with van der Waals surface area (Å²) in [5.74, 6) is -2.53. The predicted octanol–water partition coefficient (Wildman–Crippen LogP) is 3.56. The van der Waals surface area contributed by atoms with Crippen molar-refractivity contribution in [1.29, 1.82) is 0 Å². The summed E-state index contributed by atoms with van der Waals surface area (Å²) in [7, 11) is 0. The van der Waals surface area contributed by atoms with Crippen LogP contribution in [0.5, 0.6) is 5.75 Å². The molecule has 2 aliphatic rings. The van der Waals surface area contributed by atoms with Gasteiger partial charge in [0.2, 0.25) is 0 Å². The second-order valence-corrected chi connectivity index (χ2v) is 8.11. The second kappa shape index (κ2) is 6.52. The Kier molecular flexibility index (Phi) is 4.46. The monoisotopic (exact) mass is 450 g/mol. The van der Waals surface area contributed by atoms with Crippen molar-refractivity contribution < 1.29 is 32.3 Å². The van der Waals surface area contributed by atoms with Crippen LogP contribution in [0.2, 0.25) is 5.02 Å². The Morgan fingerprint density at radius 2 is 1.93 bits per heavy atom. The number of phenols is 1. The van der Waals surface area contributed by atoms with Crippen LogP contribution in [0.1, 0.15) is 17.8 Å². The Morgan fingerprint density at radius 3 is 2.55 bits per heavy atom. The molecule has 13 heteroatoms. The number of aromatic hydroxyl groups is 1. The lowest BCUT2D eigenvalue weighted by molar-refractivity contribution is -0.153. The number of carbonyl (C=O) groups is 2. The Balaban J connectivity index is 1.59. The molecule has 7 nitrogen and oxygen atoms in total. The van der Waals surface area contributed by atoms with Crippen molar-refractivity contribution in [2.75, 3.05) is 6.54 Å². The van der Waals surface area contributed by atoms with Gasteiger partial charge in [0.25, 0.3) is 5.91 Å². The zero-order valence-electron chi connectivity index (χ0n) is 14.3. The van der Waals surface area contributed by atoms with Gasteiger partial charge >= 0.3 is 12.2 Å². The number of hydrogen-bond donors (Lipinski definition) is 1. The summed E-state index contributed by atoms with van der Waals surface area (Å²) in [6, 6.07) is 1.26. The summed E-state index contributed by atoms with van der Waals surface area (Å²) in [6.45, 7) is -1.85. The molecule has 0 unspecified atom stereocenters. The summed E-state index contributed by atoms with van der Waals surface area (Å²) >= 11 is 6.88. The first-order chi connectivity index (χ1) is 13.5. The molecule has 3 amide bonds. The molecule has 0 radical (unpaired) electrons. The standard InChI is InChI=1S/C16H11ClF4N4O3S/c17-10-7(1-2-8(18)11(10)26)12-23-22-9(29-12)5-25-14(28)24(6-16(19,20)21)13(27)15(25)3-4-15/h1-2,26H,3-6H2. The lowest BCUT2D eigenvalue weighted by atomic mass is 10.2. The predicted molar refractivity (Wildman–Crippen MR) is 92.6 cm³/mol. The minimum Gasteiger partial charge on any atom is -0.504 e. The van der Waals surface area contributed by atoms with E-state index in [-0.39, 0.29) is 44.9 Å². The lowest BCUT2D eigenvalue weighted by Crippen LogP contribution is -2.39. The molecule has 1 aliphatic heterocycles. The van der Waals surface area contributed by atoms with Gasteiger partial charge in [-0.05, 0) is 25.0 Å². The van der Waals surface area contributed by atoms with Gasteiger partial charge in [-0.2, -0.15) is 13.2 Å². The van der Waals surface area contributed by atoms with E-state index in [4.69, 9.17) is 11.6 Å². The van der Waals surface area contributed by atoms with E-state index in [9.17, 15) is 32.3 Å². The third kappa shape index (κ3) is 3.29. The van der Waals surface area contributed by atoms with Gasteiger partial charge in [0.1, 0.15) is 22.1 Å². The smallest absolute Gasteiger partial charge is 0.406 e. The number of benzene rings is 1. The Labute approximate surface area is 169 Å². The summed E-state index contributed by atoms with van der Waals surface area (Å²) in [4.78, 5) is 26.1. The van der Waals surface area contributed by atoms with Crippen molar-refractivity contribution in [2.24, 2.45) is 0 Å². The number of aromatic nitrogens is 2. The average Bonchev–Trinajstić information content (AvgIpc) is 3.28. The number of halogens is 5. The zero-order valence-corrected chi connectivity index (χ0v) is 15.9. The first-order valence-corrected chi connectivity index (χ1v) is 9.43. The normalized spacial score (nSPS) is 18.2. The Morgan fingerprint density at radius 1 is 1.24 bits per heavy atom. The fourth-order valence-electron chi connectivity index (χ4n) is 3.19. The quantitative estimate of drug-likeness (QED) is 0.568. The molecule has 1 aromatic heterocycles. The SMILES string of the molecule is O=C1N(CC(F)(F)F)C(=O)C2(CC2)N1Cc1nnc(-c2ccc(F)c(O)c2Cl)s1. The molecule has 154 valence electrons. The fraction of sp³-hybridized carbons (Fsp3) is 0.375. The van der Waals surface area contributed by atoms with Crippen molar-refractivity contribution in [2.45, 2.75) is 31.1 Å². The van der Waals surface area contributed by atoms with E-state index in [0.29, 0.717) is 0 Å². The molecular weight excluding hydrogens is 440 g/mol. The first-order valence-electron chi connectivity index (χ1n) is 8.23. The van der Waals surface area contributed by atoms with Crippen LogP contribution in [0.4, 0.5) is 22.4 Å². The van der Waals surface area contributed by atoms with Crippen molar-refractivity contribution >= 4 is 34.9 Å². The maximum atomic E-state index is 13.3. The lowest BCUT2D eigenvalue weighted by Gasteiger charge is -2.19. The van der Waals surface area contributed by atoms with Gasteiger partial charge in [0.05, 0.1) is 11.6 Å². The van der Waals surface area contributed by atoms with Crippen LogP contribution < -0.4 is 0 Å². The highest BCUT2D eigenvalue weighted by Gasteiger charge is 2.65. The van der Waals surface area contributed by atoms with Gasteiger partial charge in [0.15, 0.2) is 11.6 Å². The highest BCUT2D eigenvalue weighted by molar-refractivity contribution is 7.14. The molecule has 2 aromatic rings. The van der Waals surface area contributed by atoms with Crippen molar-refractivity contribution in [1.82, 2.24) is 20.0 Å². The van der Waals surface area contributed by atoms with Crippen LogP contribution in [-0.4, -0.2) is 55.3 Å². The molecule has 1 spiro atoms. The van der Waals surface area contributed by atoms with Crippen LogP contribution in [-0.2, 0) is 11.3 Å².